The van der Waals surface area contributed by atoms with Gasteiger partial charge in [-0.1, -0.05) is 31.5 Å². The lowest BCUT2D eigenvalue weighted by atomic mass is 10.2. The van der Waals surface area contributed by atoms with E-state index >= 15 is 0 Å². The zero-order chi connectivity index (χ0) is 22.1. The highest BCUT2D eigenvalue weighted by Gasteiger charge is 2.24. The van der Waals surface area contributed by atoms with Gasteiger partial charge >= 0.3 is 5.97 Å². The molecular formula is C22H28N2O5S. The number of hydrogen-bond donors (Lipinski definition) is 1. The van der Waals surface area contributed by atoms with Crippen LogP contribution in [0, 0.1) is 0 Å². The molecule has 2 rings (SSSR count). The Morgan fingerprint density at radius 1 is 1.03 bits per heavy atom. The molecule has 8 heteroatoms. The van der Waals surface area contributed by atoms with Crippen LogP contribution in [0.4, 0.5) is 5.69 Å². The van der Waals surface area contributed by atoms with E-state index in [0.29, 0.717) is 5.69 Å². The number of nitrogens with one attached hydrogen (secondary N) is 1. The van der Waals surface area contributed by atoms with Crippen molar-refractivity contribution in [1.82, 2.24) is 5.32 Å². The van der Waals surface area contributed by atoms with Crippen LogP contribution in [0.5, 0.6) is 0 Å². The van der Waals surface area contributed by atoms with Gasteiger partial charge < -0.3 is 10.1 Å². The molecule has 0 aromatic heterocycles. The highest BCUT2D eigenvalue weighted by atomic mass is 32.2. The molecule has 0 heterocycles. The third-order valence-corrected chi connectivity index (χ3v) is 6.39. The van der Waals surface area contributed by atoms with Crippen molar-refractivity contribution in [3.8, 4) is 0 Å². The second-order valence-electron chi connectivity index (χ2n) is 6.86. The molecule has 1 atom stereocenters. The summed E-state index contributed by atoms with van der Waals surface area (Å²) in [7, 11) is -3.77. The van der Waals surface area contributed by atoms with Crippen molar-refractivity contribution in [2.45, 2.75) is 44.6 Å². The van der Waals surface area contributed by atoms with Crippen molar-refractivity contribution in [3.63, 3.8) is 0 Å². The standard InChI is InChI=1S/C22H28N2O5S/c1-4-9-17(3)23-21(25)16-29-22(26)18-12-14-20(15-13-18)30(27,28)24(5-2)19-10-7-6-8-11-19/h6-8,10-15,17H,4-5,9,16H2,1-3H3,(H,23,25)/t17-/m1/s1. The third-order valence-electron chi connectivity index (χ3n) is 4.47. The van der Waals surface area contributed by atoms with Crippen molar-refractivity contribution in [2.24, 2.45) is 0 Å². The Bertz CT molecular complexity index is 943. The predicted octanol–water partition coefficient (Wildman–Crippen LogP) is 3.36. The molecule has 0 aliphatic rings. The Morgan fingerprint density at radius 3 is 2.23 bits per heavy atom. The van der Waals surface area contributed by atoms with Crippen molar-refractivity contribution in [3.05, 3.63) is 60.2 Å². The Morgan fingerprint density at radius 2 is 1.67 bits per heavy atom. The Balaban J connectivity index is 2.04. The minimum atomic E-state index is -3.77. The van der Waals surface area contributed by atoms with Crippen LogP contribution in [0.2, 0.25) is 0 Å². The first kappa shape index (κ1) is 23.4. The molecule has 0 spiro atoms. The number of rotatable bonds is 10. The maximum Gasteiger partial charge on any atom is 0.338 e. The summed E-state index contributed by atoms with van der Waals surface area (Å²) in [5.74, 6) is -1.06. The van der Waals surface area contributed by atoms with E-state index in [0.717, 1.165) is 12.8 Å². The zero-order valence-corrected chi connectivity index (χ0v) is 18.3. The topological polar surface area (TPSA) is 92.8 Å². The largest absolute Gasteiger partial charge is 0.452 e. The maximum absolute atomic E-state index is 13.0. The summed E-state index contributed by atoms with van der Waals surface area (Å²) in [6, 6.07) is 14.3. The van der Waals surface area contributed by atoms with Gasteiger partial charge in [0.1, 0.15) is 0 Å². The molecule has 0 unspecified atom stereocenters. The van der Waals surface area contributed by atoms with Gasteiger partial charge in [-0.05, 0) is 56.7 Å². The van der Waals surface area contributed by atoms with E-state index in [-0.39, 0.29) is 35.6 Å². The number of carbonyl (C=O) groups excluding carboxylic acids is 2. The summed E-state index contributed by atoms with van der Waals surface area (Å²) in [5, 5.41) is 2.75. The van der Waals surface area contributed by atoms with Gasteiger partial charge in [0.05, 0.1) is 16.1 Å². The lowest BCUT2D eigenvalue weighted by Gasteiger charge is -2.22. The molecule has 2 aromatic carbocycles. The number of ether oxygens (including phenoxy) is 1. The molecule has 7 nitrogen and oxygen atoms in total. The second kappa shape index (κ2) is 10.8. The van der Waals surface area contributed by atoms with Crippen LogP contribution in [0.3, 0.4) is 0 Å². The maximum atomic E-state index is 13.0. The van der Waals surface area contributed by atoms with E-state index in [1.54, 1.807) is 31.2 Å². The van der Waals surface area contributed by atoms with Gasteiger partial charge in [-0.25, -0.2) is 13.2 Å². The number of anilines is 1. The SMILES string of the molecule is CCC[C@@H](C)NC(=O)COC(=O)c1ccc(S(=O)(=O)N(CC)c2ccccc2)cc1. The minimum absolute atomic E-state index is 0.0109. The summed E-state index contributed by atoms with van der Waals surface area (Å²) in [6.45, 7) is 5.54. The normalized spacial score (nSPS) is 12.1. The summed E-state index contributed by atoms with van der Waals surface area (Å²) < 4.78 is 32.3. The van der Waals surface area contributed by atoms with Crippen molar-refractivity contribution < 1.29 is 22.7 Å². The first-order chi connectivity index (χ1) is 14.3. The van der Waals surface area contributed by atoms with Gasteiger partial charge in [0.25, 0.3) is 15.9 Å². The molecule has 0 radical (unpaired) electrons. The van der Waals surface area contributed by atoms with Gasteiger partial charge in [-0.15, -0.1) is 0 Å². The van der Waals surface area contributed by atoms with Gasteiger partial charge in [0, 0.05) is 12.6 Å². The number of para-hydroxylation sites is 1. The molecule has 0 fully saturated rings. The number of hydrogen-bond acceptors (Lipinski definition) is 5. The predicted molar refractivity (Wildman–Crippen MR) is 116 cm³/mol. The van der Waals surface area contributed by atoms with Crippen LogP contribution in [0.1, 0.15) is 44.0 Å². The number of sulfonamides is 1. The van der Waals surface area contributed by atoms with Gasteiger partial charge in [0.15, 0.2) is 6.61 Å². The minimum Gasteiger partial charge on any atom is -0.452 e. The fourth-order valence-corrected chi connectivity index (χ4v) is 4.49. The molecule has 1 amide bonds. The fourth-order valence-electron chi connectivity index (χ4n) is 3.01. The van der Waals surface area contributed by atoms with Gasteiger partial charge in [-0.2, -0.15) is 0 Å². The monoisotopic (exact) mass is 432 g/mol. The molecule has 0 saturated carbocycles. The van der Waals surface area contributed by atoms with Gasteiger partial charge in [0.2, 0.25) is 0 Å². The highest BCUT2D eigenvalue weighted by Crippen LogP contribution is 2.23. The molecule has 0 saturated heterocycles. The van der Waals surface area contributed by atoms with E-state index in [9.17, 15) is 18.0 Å². The molecule has 0 bridgehead atoms. The molecule has 0 aliphatic heterocycles. The first-order valence-electron chi connectivity index (χ1n) is 9.94. The van der Waals surface area contributed by atoms with Crippen molar-refractivity contribution >= 4 is 27.6 Å². The van der Waals surface area contributed by atoms with E-state index in [1.165, 1.54) is 28.6 Å². The Hall–Kier alpha value is -2.87. The van der Waals surface area contributed by atoms with Crippen LogP contribution in [-0.4, -0.2) is 39.5 Å². The number of carbonyl (C=O) groups is 2. The van der Waals surface area contributed by atoms with Crippen molar-refractivity contribution in [2.75, 3.05) is 17.5 Å². The number of amides is 1. The summed E-state index contributed by atoms with van der Waals surface area (Å²) in [4.78, 5) is 24.1. The summed E-state index contributed by atoms with van der Waals surface area (Å²) in [6.07, 6.45) is 1.78. The summed E-state index contributed by atoms with van der Waals surface area (Å²) >= 11 is 0. The average Bonchev–Trinajstić information content (AvgIpc) is 2.73. The lowest BCUT2D eigenvalue weighted by Crippen LogP contribution is -2.35. The zero-order valence-electron chi connectivity index (χ0n) is 17.5. The Labute approximate surface area is 178 Å². The molecule has 1 N–H and O–H groups in total. The molecule has 30 heavy (non-hydrogen) atoms. The molecular weight excluding hydrogens is 404 g/mol. The lowest BCUT2D eigenvalue weighted by molar-refractivity contribution is -0.124. The van der Waals surface area contributed by atoms with Crippen LogP contribution >= 0.6 is 0 Å². The van der Waals surface area contributed by atoms with E-state index in [4.69, 9.17) is 4.74 Å². The average molecular weight is 433 g/mol. The van der Waals surface area contributed by atoms with E-state index in [1.807, 2.05) is 19.9 Å². The number of benzene rings is 2. The first-order valence-corrected chi connectivity index (χ1v) is 11.4. The van der Waals surface area contributed by atoms with Crippen molar-refractivity contribution in [1.29, 1.82) is 0 Å². The van der Waals surface area contributed by atoms with Crippen LogP contribution in [-0.2, 0) is 19.6 Å². The molecule has 2 aromatic rings. The second-order valence-corrected chi connectivity index (χ2v) is 8.73. The smallest absolute Gasteiger partial charge is 0.338 e. The van der Waals surface area contributed by atoms with E-state index in [2.05, 4.69) is 5.32 Å². The van der Waals surface area contributed by atoms with Crippen LogP contribution < -0.4 is 9.62 Å². The summed E-state index contributed by atoms with van der Waals surface area (Å²) in [5.41, 5.74) is 0.734. The van der Waals surface area contributed by atoms with Gasteiger partial charge in [-0.3, -0.25) is 9.10 Å². The quantitative estimate of drug-likeness (QED) is 0.581. The number of esters is 1. The fraction of sp³-hybridized carbons (Fsp3) is 0.364. The van der Waals surface area contributed by atoms with E-state index < -0.39 is 16.0 Å². The molecule has 162 valence electrons. The highest BCUT2D eigenvalue weighted by molar-refractivity contribution is 7.92. The Kier molecular flexibility index (Phi) is 8.41. The molecule has 0 aliphatic carbocycles. The number of nitrogens with zero attached hydrogens (tertiary/aromatic N) is 1. The van der Waals surface area contributed by atoms with Crippen LogP contribution in [0.15, 0.2) is 59.5 Å². The third kappa shape index (κ3) is 6.06. The van der Waals surface area contributed by atoms with Crippen LogP contribution in [0.25, 0.3) is 0 Å².